The Morgan fingerprint density at radius 1 is 1.23 bits per heavy atom. The average Bonchev–Trinajstić information content (AvgIpc) is 2.98. The van der Waals surface area contributed by atoms with Gasteiger partial charge in [-0.05, 0) is 20.9 Å². The van der Waals surface area contributed by atoms with Crippen molar-refractivity contribution in [2.24, 2.45) is 0 Å². The molecule has 9 nitrogen and oxygen atoms in total. The van der Waals surface area contributed by atoms with Crippen LogP contribution in [0.4, 0.5) is 5.82 Å². The Bertz CT molecular complexity index is 551. The fraction of sp³-hybridized carbons (Fsp3) is 0.765. The number of hydrogen-bond acceptors (Lipinski definition) is 8. The minimum Gasteiger partial charge on any atom is -0.461 e. The van der Waals surface area contributed by atoms with E-state index in [9.17, 15) is 4.79 Å². The van der Waals surface area contributed by atoms with E-state index in [-0.39, 0.29) is 11.4 Å². The maximum atomic E-state index is 12.3. The SMILES string of the molecule is CCOC(Cn1ncc(C(=O)OCCN2CCN(C)CC2)c1N)OCC. The zero-order valence-corrected chi connectivity index (χ0v) is 16.0. The monoisotopic (exact) mass is 369 g/mol. The van der Waals surface area contributed by atoms with Crippen LogP contribution in [0.15, 0.2) is 6.20 Å². The molecule has 148 valence electrons. The number of carbonyl (C=O) groups excluding carboxylic acids is 1. The third-order valence-electron chi connectivity index (χ3n) is 4.36. The summed E-state index contributed by atoms with van der Waals surface area (Å²) in [5.41, 5.74) is 6.32. The third-order valence-corrected chi connectivity index (χ3v) is 4.36. The Hall–Kier alpha value is -1.68. The molecule has 1 aliphatic rings. The van der Waals surface area contributed by atoms with E-state index in [1.165, 1.54) is 10.9 Å². The van der Waals surface area contributed by atoms with E-state index in [1.807, 2.05) is 13.8 Å². The summed E-state index contributed by atoms with van der Waals surface area (Å²) in [7, 11) is 2.11. The molecule has 2 heterocycles. The van der Waals surface area contributed by atoms with Crippen LogP contribution in [0, 0.1) is 0 Å². The third kappa shape index (κ3) is 5.94. The van der Waals surface area contributed by atoms with Gasteiger partial charge in [-0.15, -0.1) is 0 Å². The van der Waals surface area contributed by atoms with Gasteiger partial charge in [0.2, 0.25) is 0 Å². The Morgan fingerprint density at radius 3 is 2.50 bits per heavy atom. The van der Waals surface area contributed by atoms with Gasteiger partial charge in [-0.1, -0.05) is 0 Å². The van der Waals surface area contributed by atoms with E-state index in [1.54, 1.807) is 0 Å². The van der Waals surface area contributed by atoms with Crippen LogP contribution < -0.4 is 5.73 Å². The van der Waals surface area contributed by atoms with Gasteiger partial charge in [0.25, 0.3) is 0 Å². The number of likely N-dealkylation sites (N-methyl/N-ethyl adjacent to an activating group) is 1. The first-order valence-electron chi connectivity index (χ1n) is 9.17. The molecule has 2 rings (SSSR count). The lowest BCUT2D eigenvalue weighted by Crippen LogP contribution is -2.45. The number of aromatic nitrogens is 2. The largest absolute Gasteiger partial charge is 0.461 e. The zero-order valence-electron chi connectivity index (χ0n) is 16.0. The number of nitrogens with zero attached hydrogens (tertiary/aromatic N) is 4. The van der Waals surface area contributed by atoms with E-state index < -0.39 is 12.3 Å². The second kappa shape index (κ2) is 10.5. The normalized spacial score (nSPS) is 16.3. The molecule has 1 saturated heterocycles. The van der Waals surface area contributed by atoms with Crippen LogP contribution in [0.2, 0.25) is 0 Å². The molecule has 1 aromatic rings. The lowest BCUT2D eigenvalue weighted by atomic mass is 10.3. The molecule has 9 heteroatoms. The molecular weight excluding hydrogens is 338 g/mol. The van der Waals surface area contributed by atoms with Crippen molar-refractivity contribution < 1.29 is 19.0 Å². The van der Waals surface area contributed by atoms with Crippen LogP contribution in [0.1, 0.15) is 24.2 Å². The average molecular weight is 369 g/mol. The van der Waals surface area contributed by atoms with Crippen molar-refractivity contribution in [3.63, 3.8) is 0 Å². The molecule has 0 unspecified atom stereocenters. The number of nitrogen functional groups attached to an aromatic ring is 1. The van der Waals surface area contributed by atoms with Crippen molar-refractivity contribution in [3.8, 4) is 0 Å². The molecule has 1 aromatic heterocycles. The molecule has 2 N–H and O–H groups in total. The molecule has 0 aromatic carbocycles. The number of ether oxygens (including phenoxy) is 3. The maximum absolute atomic E-state index is 12.3. The van der Waals surface area contributed by atoms with Crippen LogP contribution in [-0.2, 0) is 20.8 Å². The van der Waals surface area contributed by atoms with Gasteiger partial charge >= 0.3 is 5.97 Å². The number of esters is 1. The van der Waals surface area contributed by atoms with Crippen molar-refractivity contribution in [2.45, 2.75) is 26.7 Å². The van der Waals surface area contributed by atoms with Crippen LogP contribution in [-0.4, -0.2) is 91.4 Å². The van der Waals surface area contributed by atoms with Gasteiger partial charge in [0.1, 0.15) is 18.0 Å². The van der Waals surface area contributed by atoms with Gasteiger partial charge in [0.05, 0.1) is 12.7 Å². The summed E-state index contributed by atoms with van der Waals surface area (Å²) >= 11 is 0. The topological polar surface area (TPSA) is 95.1 Å². The lowest BCUT2D eigenvalue weighted by molar-refractivity contribution is -0.144. The van der Waals surface area contributed by atoms with Crippen LogP contribution >= 0.6 is 0 Å². The summed E-state index contributed by atoms with van der Waals surface area (Å²) in [5, 5.41) is 4.16. The molecule has 0 spiro atoms. The maximum Gasteiger partial charge on any atom is 0.343 e. The van der Waals surface area contributed by atoms with Gasteiger partial charge in [-0.25, -0.2) is 9.48 Å². The lowest BCUT2D eigenvalue weighted by Gasteiger charge is -2.31. The van der Waals surface area contributed by atoms with Gasteiger partial charge in [0, 0.05) is 45.9 Å². The highest BCUT2D eigenvalue weighted by molar-refractivity contribution is 5.93. The first-order valence-corrected chi connectivity index (χ1v) is 9.17. The predicted octanol–water partition coefficient (Wildman–Crippen LogP) is 0.269. The standard InChI is InChI=1S/C17H31N5O4/c1-4-24-15(25-5-2)13-22-16(18)14(12-19-22)17(23)26-11-10-21-8-6-20(3)7-9-21/h12,15H,4-11,13,18H2,1-3H3. The van der Waals surface area contributed by atoms with Gasteiger partial charge in [0.15, 0.2) is 6.29 Å². The van der Waals surface area contributed by atoms with E-state index in [2.05, 4.69) is 21.9 Å². The number of nitrogens with two attached hydrogens (primary N) is 1. The van der Waals surface area contributed by atoms with E-state index >= 15 is 0 Å². The van der Waals surface area contributed by atoms with Crippen LogP contribution in [0.3, 0.4) is 0 Å². The highest BCUT2D eigenvalue weighted by Crippen LogP contribution is 2.14. The summed E-state index contributed by atoms with van der Waals surface area (Å²) in [5.74, 6) is -0.189. The van der Waals surface area contributed by atoms with Crippen molar-refractivity contribution in [2.75, 3.05) is 65.3 Å². The van der Waals surface area contributed by atoms with Crippen molar-refractivity contribution in [1.82, 2.24) is 19.6 Å². The highest BCUT2D eigenvalue weighted by atomic mass is 16.7. The Labute approximate surface area is 155 Å². The summed E-state index contributed by atoms with van der Waals surface area (Å²) in [6, 6.07) is 0. The molecular formula is C17H31N5O4. The molecule has 0 radical (unpaired) electrons. The molecule has 26 heavy (non-hydrogen) atoms. The van der Waals surface area contributed by atoms with Gasteiger partial charge in [-0.3, -0.25) is 4.90 Å². The summed E-state index contributed by atoms with van der Waals surface area (Å²) in [6.45, 7) is 10.3. The summed E-state index contributed by atoms with van der Waals surface area (Å²) in [4.78, 5) is 16.8. The second-order valence-electron chi connectivity index (χ2n) is 6.25. The number of anilines is 1. The van der Waals surface area contributed by atoms with Crippen molar-refractivity contribution in [3.05, 3.63) is 11.8 Å². The van der Waals surface area contributed by atoms with E-state index in [0.717, 1.165) is 32.7 Å². The second-order valence-corrected chi connectivity index (χ2v) is 6.25. The predicted molar refractivity (Wildman–Crippen MR) is 97.9 cm³/mol. The smallest absolute Gasteiger partial charge is 0.343 e. The highest BCUT2D eigenvalue weighted by Gasteiger charge is 2.20. The fourth-order valence-corrected chi connectivity index (χ4v) is 2.78. The Morgan fingerprint density at radius 2 is 1.88 bits per heavy atom. The first kappa shape index (κ1) is 20.6. The Kier molecular flexibility index (Phi) is 8.30. The number of piperazine rings is 1. The van der Waals surface area contributed by atoms with Crippen molar-refractivity contribution >= 4 is 11.8 Å². The Balaban J connectivity index is 1.82. The number of carbonyl (C=O) groups is 1. The van der Waals surface area contributed by atoms with Crippen LogP contribution in [0.25, 0.3) is 0 Å². The molecule has 0 amide bonds. The number of rotatable bonds is 10. The zero-order chi connectivity index (χ0) is 18.9. The molecule has 1 aliphatic heterocycles. The fourth-order valence-electron chi connectivity index (χ4n) is 2.78. The van der Waals surface area contributed by atoms with Crippen LogP contribution in [0.5, 0.6) is 0 Å². The molecule has 0 atom stereocenters. The molecule has 0 bridgehead atoms. The van der Waals surface area contributed by atoms with Gasteiger partial charge < -0.3 is 24.8 Å². The molecule has 0 saturated carbocycles. The molecule has 1 fully saturated rings. The van der Waals surface area contributed by atoms with E-state index in [0.29, 0.717) is 26.4 Å². The number of hydrogen-bond donors (Lipinski definition) is 1. The van der Waals surface area contributed by atoms with Gasteiger partial charge in [-0.2, -0.15) is 5.10 Å². The quantitative estimate of drug-likeness (QED) is 0.464. The molecule has 0 aliphatic carbocycles. The minimum atomic E-state index is -0.452. The van der Waals surface area contributed by atoms with Crippen molar-refractivity contribution in [1.29, 1.82) is 0 Å². The minimum absolute atomic E-state index is 0.263. The summed E-state index contributed by atoms with van der Waals surface area (Å²) < 4.78 is 17.8. The summed E-state index contributed by atoms with van der Waals surface area (Å²) in [6.07, 6.45) is 0.982. The first-order chi connectivity index (χ1) is 12.5. The van der Waals surface area contributed by atoms with E-state index in [4.69, 9.17) is 19.9 Å².